The van der Waals surface area contributed by atoms with Crippen molar-refractivity contribution >= 4 is 39.7 Å². The van der Waals surface area contributed by atoms with Crippen LogP contribution in [0.15, 0.2) is 103 Å². The maximum atomic E-state index is 11.7. The van der Waals surface area contributed by atoms with Gasteiger partial charge in [-0.05, 0) is 62.4 Å². The van der Waals surface area contributed by atoms with Crippen LogP contribution in [0.1, 0.15) is 64.5 Å². The third-order valence-corrected chi connectivity index (χ3v) is 9.64. The number of benzene rings is 4. The van der Waals surface area contributed by atoms with Crippen molar-refractivity contribution < 1.29 is 30.0 Å². The molecular formula is C42H45BIrNO2-. The topological polar surface area (TPSA) is 50.2 Å². The maximum Gasteiger partial charge on any atom is 0.195 e. The van der Waals surface area contributed by atoms with Gasteiger partial charge in [-0.3, -0.25) is 9.78 Å². The standard InChI is InChI=1S/C29H21BN.C13H24O2.Ir/c1-19-9-8-10-20(2)27(19)30-26-18-23-14-7-6-13-22(23)17-25(26)29-28(30)24(15-16-31-29)21-11-4-3-5-12-21;1-5-10(6-2)12(14)9-13(15)11(7-3)8-4;/h3-16,18H,1-2H3;9-11,14H,5-8H2,1-4H3;/q-1;;/b;12-9-;. The molecule has 0 spiro atoms. The fraction of sp³-hybridized carbons (Fsp3) is 0.286. The van der Waals surface area contributed by atoms with Crippen LogP contribution in [0.2, 0.25) is 0 Å². The van der Waals surface area contributed by atoms with Crippen LogP contribution in [0.5, 0.6) is 0 Å². The van der Waals surface area contributed by atoms with Gasteiger partial charge in [-0.2, -0.15) is 0 Å². The molecular weight excluding hydrogens is 753 g/mol. The summed E-state index contributed by atoms with van der Waals surface area (Å²) in [6.45, 7) is 12.7. The zero-order valence-corrected chi connectivity index (χ0v) is 30.8. The molecule has 4 aromatic carbocycles. The van der Waals surface area contributed by atoms with Gasteiger partial charge < -0.3 is 5.11 Å². The minimum Gasteiger partial charge on any atom is -0.512 e. The molecule has 1 aliphatic rings. The quantitative estimate of drug-likeness (QED) is 0.0690. The number of aliphatic hydroxyl groups excluding tert-OH is 1. The van der Waals surface area contributed by atoms with Gasteiger partial charge in [0.2, 0.25) is 0 Å². The Labute approximate surface area is 295 Å². The van der Waals surface area contributed by atoms with Crippen LogP contribution in [-0.4, -0.2) is 22.6 Å². The Morgan fingerprint density at radius 2 is 1.43 bits per heavy atom. The number of aryl methyl sites for hydroxylation is 2. The van der Waals surface area contributed by atoms with E-state index >= 15 is 0 Å². The predicted molar refractivity (Wildman–Crippen MR) is 196 cm³/mol. The molecule has 6 rings (SSSR count). The normalized spacial score (nSPS) is 12.0. The van der Waals surface area contributed by atoms with E-state index in [0.29, 0.717) is 0 Å². The van der Waals surface area contributed by atoms with Gasteiger partial charge in [-0.1, -0.05) is 122 Å². The number of pyridine rings is 1. The molecule has 0 saturated carbocycles. The molecule has 5 heteroatoms. The van der Waals surface area contributed by atoms with E-state index in [-0.39, 0.29) is 50.2 Å². The molecule has 0 fully saturated rings. The number of hydrogen-bond acceptors (Lipinski definition) is 3. The number of allylic oxidation sites excluding steroid dienone is 2. The van der Waals surface area contributed by atoms with Crippen molar-refractivity contribution in [2.75, 3.05) is 0 Å². The number of aliphatic hydroxyl groups is 1. The summed E-state index contributed by atoms with van der Waals surface area (Å²) in [4.78, 5) is 16.6. The summed E-state index contributed by atoms with van der Waals surface area (Å²) in [5.74, 6) is 0.547. The van der Waals surface area contributed by atoms with E-state index in [1.807, 2.05) is 33.9 Å². The van der Waals surface area contributed by atoms with Gasteiger partial charge in [0.05, 0.1) is 5.76 Å². The number of carbonyl (C=O) groups is 1. The van der Waals surface area contributed by atoms with Crippen LogP contribution in [0, 0.1) is 31.7 Å². The van der Waals surface area contributed by atoms with Crippen molar-refractivity contribution in [2.45, 2.75) is 67.2 Å². The Balaban J connectivity index is 0.000000269. The second-order valence-electron chi connectivity index (χ2n) is 12.4. The van der Waals surface area contributed by atoms with Crippen LogP contribution in [0.25, 0.3) is 33.2 Å². The number of hydrogen-bond donors (Lipinski definition) is 1. The fourth-order valence-electron chi connectivity index (χ4n) is 6.96. The summed E-state index contributed by atoms with van der Waals surface area (Å²) >= 11 is 0. The second kappa shape index (κ2) is 16.4. The third-order valence-electron chi connectivity index (χ3n) is 9.64. The summed E-state index contributed by atoms with van der Waals surface area (Å²) in [7, 11) is 0. The van der Waals surface area contributed by atoms with E-state index in [4.69, 9.17) is 4.98 Å². The van der Waals surface area contributed by atoms with Gasteiger partial charge in [-0.25, -0.2) is 0 Å². The monoisotopic (exact) mass is 799 g/mol. The first kappa shape index (κ1) is 36.1. The number of fused-ring (bicyclic) bond motifs is 4. The molecule has 5 aromatic rings. The van der Waals surface area contributed by atoms with Crippen molar-refractivity contribution in [1.82, 2.24) is 4.98 Å². The zero-order chi connectivity index (χ0) is 32.8. The first-order valence-electron chi connectivity index (χ1n) is 16.8. The van der Waals surface area contributed by atoms with Crippen molar-refractivity contribution in [3.63, 3.8) is 0 Å². The molecule has 1 radical (unpaired) electrons. The number of aromatic nitrogens is 1. The second-order valence-corrected chi connectivity index (χ2v) is 12.4. The van der Waals surface area contributed by atoms with Gasteiger partial charge in [0.15, 0.2) is 12.5 Å². The third kappa shape index (κ3) is 7.53. The van der Waals surface area contributed by atoms with Gasteiger partial charge in [0, 0.05) is 44.2 Å². The van der Waals surface area contributed by atoms with Gasteiger partial charge in [-0.15, -0.1) is 34.6 Å². The molecule has 0 amide bonds. The minimum atomic E-state index is 0. The zero-order valence-electron chi connectivity index (χ0n) is 28.4. The Morgan fingerprint density at radius 3 is 2.06 bits per heavy atom. The average molecular weight is 799 g/mol. The molecule has 3 nitrogen and oxygen atoms in total. The molecule has 1 N–H and O–H groups in total. The van der Waals surface area contributed by atoms with E-state index < -0.39 is 0 Å². The van der Waals surface area contributed by atoms with E-state index in [1.54, 1.807) is 0 Å². The van der Waals surface area contributed by atoms with Crippen molar-refractivity contribution in [3.05, 3.63) is 120 Å². The van der Waals surface area contributed by atoms with Gasteiger partial charge in [0.25, 0.3) is 0 Å². The number of ketones is 1. The largest absolute Gasteiger partial charge is 0.512 e. The summed E-state index contributed by atoms with van der Waals surface area (Å²) in [6, 6.07) is 34.0. The van der Waals surface area contributed by atoms with Crippen molar-refractivity contribution in [1.29, 1.82) is 0 Å². The molecule has 1 aromatic heterocycles. The van der Waals surface area contributed by atoms with Crippen LogP contribution in [0.3, 0.4) is 0 Å². The molecule has 1 aliphatic heterocycles. The molecule has 243 valence electrons. The summed E-state index contributed by atoms with van der Waals surface area (Å²) in [5, 5.41) is 12.1. The molecule has 2 heterocycles. The molecule has 0 unspecified atom stereocenters. The maximum absolute atomic E-state index is 11.7. The summed E-state index contributed by atoms with van der Waals surface area (Å²) in [5.41, 5.74) is 11.3. The van der Waals surface area contributed by atoms with Crippen molar-refractivity contribution in [2.24, 2.45) is 11.8 Å². The predicted octanol–water partition coefficient (Wildman–Crippen LogP) is 8.68. The van der Waals surface area contributed by atoms with Gasteiger partial charge >= 0.3 is 0 Å². The minimum absolute atomic E-state index is 0. The van der Waals surface area contributed by atoms with E-state index in [1.165, 1.54) is 50.1 Å². The number of carbonyl (C=O) groups excluding carboxylic acids is 1. The molecule has 47 heavy (non-hydrogen) atoms. The van der Waals surface area contributed by atoms with Crippen molar-refractivity contribution in [3.8, 4) is 22.4 Å². The average Bonchev–Trinajstić information content (AvgIpc) is 3.38. The van der Waals surface area contributed by atoms with Crippen LogP contribution in [0.4, 0.5) is 0 Å². The van der Waals surface area contributed by atoms with Gasteiger partial charge in [0.1, 0.15) is 0 Å². The van der Waals surface area contributed by atoms with E-state index in [0.717, 1.165) is 42.3 Å². The number of rotatable bonds is 9. The summed E-state index contributed by atoms with van der Waals surface area (Å²) < 4.78 is 0. The Hall–Kier alpha value is -3.79. The fourth-order valence-corrected chi connectivity index (χ4v) is 6.96. The first-order valence-corrected chi connectivity index (χ1v) is 16.8. The number of nitrogens with zero attached hydrogens (tertiary/aromatic N) is 1. The Bertz CT molecular complexity index is 1840. The SMILES string of the molecule is CCC(CC)C(=O)/C=C(\O)C(CC)CC.Cc1cccc(C)c1B1c2cc3ccccc3[c-]c2-c2nccc(-c3ccccc3)c21.[Ir]. The smallest absolute Gasteiger partial charge is 0.195 e. The van der Waals surface area contributed by atoms with E-state index in [2.05, 4.69) is 105 Å². The molecule has 0 atom stereocenters. The molecule has 0 aliphatic carbocycles. The Morgan fingerprint density at radius 1 is 0.809 bits per heavy atom. The van der Waals surface area contributed by atoms with Crippen LogP contribution < -0.4 is 16.4 Å². The van der Waals surface area contributed by atoms with E-state index in [9.17, 15) is 9.90 Å². The molecule has 0 saturated heterocycles. The Kier molecular flexibility index (Phi) is 12.5. The van der Waals surface area contributed by atoms with Crippen LogP contribution in [-0.2, 0) is 24.9 Å². The summed E-state index contributed by atoms with van der Waals surface area (Å²) in [6.07, 6.45) is 6.85. The first-order chi connectivity index (χ1) is 22.3. The van der Waals surface area contributed by atoms with Crippen LogP contribution >= 0.6 is 0 Å². The molecule has 0 bridgehead atoms.